The van der Waals surface area contributed by atoms with Crippen LogP contribution in [0.5, 0.6) is 0 Å². The van der Waals surface area contributed by atoms with Gasteiger partial charge in [-0.3, -0.25) is 0 Å². The molecule has 0 saturated heterocycles. The number of nitrogens with one attached hydrogen (secondary N) is 2. The number of carbonyl (C=O) groups is 1. The lowest BCUT2D eigenvalue weighted by atomic mass is 10.3. The van der Waals surface area contributed by atoms with Crippen LogP contribution < -0.4 is 16.4 Å². The van der Waals surface area contributed by atoms with Crippen molar-refractivity contribution in [2.24, 2.45) is 5.73 Å². The van der Waals surface area contributed by atoms with Gasteiger partial charge in [-0.15, -0.1) is 11.3 Å². The Balaban J connectivity index is 2.16. The van der Waals surface area contributed by atoms with Crippen LogP contribution in [0.3, 0.4) is 0 Å². The highest BCUT2D eigenvalue weighted by Crippen LogP contribution is 2.30. The summed E-state index contributed by atoms with van der Waals surface area (Å²) in [6, 6.07) is 1.51. The smallest absolute Gasteiger partial charge is 0.312 e. The van der Waals surface area contributed by atoms with Crippen molar-refractivity contribution in [3.05, 3.63) is 16.2 Å². The molecule has 8 heteroatoms. The van der Waals surface area contributed by atoms with Gasteiger partial charge < -0.3 is 16.4 Å². The van der Waals surface area contributed by atoms with E-state index in [0.29, 0.717) is 18.9 Å². The summed E-state index contributed by atoms with van der Waals surface area (Å²) in [7, 11) is 0. The summed E-state index contributed by atoms with van der Waals surface area (Å²) in [6.07, 6.45) is 0.946. The van der Waals surface area contributed by atoms with E-state index in [-0.39, 0.29) is 5.28 Å². The summed E-state index contributed by atoms with van der Waals surface area (Å²) in [6.45, 7) is 3.02. The Kier molecular flexibility index (Phi) is 4.39. The minimum Gasteiger partial charge on any atom is -0.368 e. The van der Waals surface area contributed by atoms with Crippen LogP contribution in [-0.2, 0) is 6.42 Å². The standard InChI is InChI=1S/C11H14ClN5OS/c1-2-6-5-7-8(14-3-4-15-11(13)18)16-10(12)17-9(7)19-6/h5H,2-4H2,1H3,(H3,13,15,18)(H,14,16,17). The first kappa shape index (κ1) is 13.8. The van der Waals surface area contributed by atoms with Crippen LogP contribution in [0, 0.1) is 0 Å². The summed E-state index contributed by atoms with van der Waals surface area (Å²) in [5.41, 5.74) is 4.99. The Morgan fingerprint density at radius 2 is 2.26 bits per heavy atom. The molecule has 6 nitrogen and oxygen atoms in total. The lowest BCUT2D eigenvalue weighted by Gasteiger charge is -2.07. The average molecular weight is 300 g/mol. The number of anilines is 1. The maximum absolute atomic E-state index is 10.6. The minimum atomic E-state index is -0.545. The van der Waals surface area contributed by atoms with Gasteiger partial charge in [0, 0.05) is 18.0 Å². The van der Waals surface area contributed by atoms with Gasteiger partial charge >= 0.3 is 6.03 Å². The van der Waals surface area contributed by atoms with E-state index in [1.165, 1.54) is 4.88 Å². The number of nitrogens with zero attached hydrogens (tertiary/aromatic N) is 2. The molecule has 0 radical (unpaired) electrons. The van der Waals surface area contributed by atoms with Crippen molar-refractivity contribution in [3.63, 3.8) is 0 Å². The molecule has 0 aromatic carbocycles. The van der Waals surface area contributed by atoms with Crippen molar-refractivity contribution in [1.29, 1.82) is 0 Å². The highest BCUT2D eigenvalue weighted by atomic mass is 35.5. The maximum Gasteiger partial charge on any atom is 0.312 e. The van der Waals surface area contributed by atoms with E-state index >= 15 is 0 Å². The molecule has 2 amide bonds. The van der Waals surface area contributed by atoms with Gasteiger partial charge in [-0.1, -0.05) is 6.92 Å². The van der Waals surface area contributed by atoms with E-state index in [1.807, 2.05) is 0 Å². The fourth-order valence-electron chi connectivity index (χ4n) is 1.62. The van der Waals surface area contributed by atoms with Gasteiger partial charge in [0.1, 0.15) is 10.6 Å². The molecule has 0 aliphatic heterocycles. The van der Waals surface area contributed by atoms with Gasteiger partial charge in [0.05, 0.1) is 5.39 Å². The molecular weight excluding hydrogens is 286 g/mol. The van der Waals surface area contributed by atoms with E-state index in [4.69, 9.17) is 17.3 Å². The average Bonchev–Trinajstić information content (AvgIpc) is 2.77. The normalized spacial score (nSPS) is 10.6. The Morgan fingerprint density at radius 1 is 1.47 bits per heavy atom. The van der Waals surface area contributed by atoms with Crippen molar-refractivity contribution < 1.29 is 4.79 Å². The molecule has 2 aromatic rings. The molecule has 0 aliphatic carbocycles. The summed E-state index contributed by atoms with van der Waals surface area (Å²) in [5.74, 6) is 0.678. The largest absolute Gasteiger partial charge is 0.368 e. The second-order valence-corrected chi connectivity index (χ2v) is 5.30. The first-order chi connectivity index (χ1) is 9.10. The van der Waals surface area contributed by atoms with Crippen LogP contribution >= 0.6 is 22.9 Å². The molecule has 2 rings (SSSR count). The number of thiophene rings is 1. The van der Waals surface area contributed by atoms with E-state index in [1.54, 1.807) is 11.3 Å². The van der Waals surface area contributed by atoms with Crippen LogP contribution in [0.1, 0.15) is 11.8 Å². The minimum absolute atomic E-state index is 0.211. The van der Waals surface area contributed by atoms with E-state index < -0.39 is 6.03 Å². The van der Waals surface area contributed by atoms with Gasteiger partial charge in [0.15, 0.2) is 0 Å². The highest BCUT2D eigenvalue weighted by Gasteiger charge is 2.10. The molecule has 4 N–H and O–H groups in total. The van der Waals surface area contributed by atoms with Gasteiger partial charge in [-0.05, 0) is 24.1 Å². The van der Waals surface area contributed by atoms with Crippen LogP contribution in [0.2, 0.25) is 5.28 Å². The van der Waals surface area contributed by atoms with Crippen molar-refractivity contribution in [1.82, 2.24) is 15.3 Å². The quantitative estimate of drug-likeness (QED) is 0.581. The summed E-state index contributed by atoms with van der Waals surface area (Å²) in [5, 5.41) is 6.78. The van der Waals surface area contributed by atoms with Crippen molar-refractivity contribution in [3.8, 4) is 0 Å². The second-order valence-electron chi connectivity index (χ2n) is 3.84. The molecule has 0 atom stereocenters. The highest BCUT2D eigenvalue weighted by molar-refractivity contribution is 7.18. The molecule has 0 fully saturated rings. The third-order valence-corrected chi connectivity index (χ3v) is 3.82. The van der Waals surface area contributed by atoms with Crippen LogP contribution in [0.15, 0.2) is 6.07 Å². The molecule has 0 saturated carbocycles. The molecular formula is C11H14ClN5OS. The van der Waals surface area contributed by atoms with Crippen molar-refractivity contribution in [2.75, 3.05) is 18.4 Å². The Morgan fingerprint density at radius 3 is 2.95 bits per heavy atom. The fraction of sp³-hybridized carbons (Fsp3) is 0.364. The number of hydrogen-bond acceptors (Lipinski definition) is 5. The number of aromatic nitrogens is 2. The van der Waals surface area contributed by atoms with Crippen LogP contribution in [-0.4, -0.2) is 29.1 Å². The zero-order valence-corrected chi connectivity index (χ0v) is 11.9. The number of fused-ring (bicyclic) bond motifs is 1. The van der Waals surface area contributed by atoms with Crippen molar-refractivity contribution in [2.45, 2.75) is 13.3 Å². The lowest BCUT2D eigenvalue weighted by Crippen LogP contribution is -2.33. The molecule has 0 spiro atoms. The molecule has 0 aliphatic rings. The number of carbonyl (C=O) groups excluding carboxylic acids is 1. The summed E-state index contributed by atoms with van der Waals surface area (Å²) >= 11 is 7.50. The van der Waals surface area contributed by atoms with Crippen LogP contribution in [0.4, 0.5) is 10.6 Å². The van der Waals surface area contributed by atoms with Gasteiger partial charge in [0.2, 0.25) is 5.28 Å². The van der Waals surface area contributed by atoms with Crippen molar-refractivity contribution >= 4 is 45.0 Å². The lowest BCUT2D eigenvalue weighted by molar-refractivity contribution is 0.249. The second kappa shape index (κ2) is 6.03. The number of aryl methyl sites for hydroxylation is 1. The summed E-state index contributed by atoms with van der Waals surface area (Å²) in [4.78, 5) is 21.0. The summed E-state index contributed by atoms with van der Waals surface area (Å²) < 4.78 is 0. The Labute approximate surface area is 119 Å². The molecule has 0 bridgehead atoms. The predicted octanol–water partition coefficient (Wildman–Crippen LogP) is 1.99. The molecule has 19 heavy (non-hydrogen) atoms. The SMILES string of the molecule is CCc1cc2c(NCCNC(N)=O)nc(Cl)nc2s1. The number of primary amides is 1. The van der Waals surface area contributed by atoms with E-state index in [0.717, 1.165) is 16.6 Å². The fourth-order valence-corrected chi connectivity index (χ4v) is 2.81. The first-order valence-electron chi connectivity index (χ1n) is 5.83. The monoisotopic (exact) mass is 299 g/mol. The maximum atomic E-state index is 10.6. The van der Waals surface area contributed by atoms with E-state index in [2.05, 4.69) is 33.6 Å². The Hall–Kier alpha value is -1.60. The van der Waals surface area contributed by atoms with Crippen LogP contribution in [0.25, 0.3) is 10.2 Å². The number of hydrogen-bond donors (Lipinski definition) is 3. The molecule has 2 aromatic heterocycles. The number of urea groups is 1. The molecule has 0 unspecified atom stereocenters. The zero-order chi connectivity index (χ0) is 13.8. The topological polar surface area (TPSA) is 92.9 Å². The third kappa shape index (κ3) is 3.45. The number of amides is 2. The third-order valence-electron chi connectivity index (χ3n) is 2.48. The number of nitrogens with two attached hydrogens (primary N) is 1. The zero-order valence-electron chi connectivity index (χ0n) is 10.4. The van der Waals surface area contributed by atoms with Gasteiger partial charge in [-0.2, -0.15) is 0 Å². The number of halogens is 1. The molecule has 2 heterocycles. The van der Waals surface area contributed by atoms with Gasteiger partial charge in [-0.25, -0.2) is 14.8 Å². The predicted molar refractivity (Wildman–Crippen MR) is 77.9 cm³/mol. The Bertz CT molecular complexity index is 600. The number of rotatable bonds is 5. The first-order valence-corrected chi connectivity index (χ1v) is 7.02. The van der Waals surface area contributed by atoms with Gasteiger partial charge in [0.25, 0.3) is 0 Å². The van der Waals surface area contributed by atoms with E-state index in [9.17, 15) is 4.79 Å². The molecule has 102 valence electrons.